The largest absolute Gasteiger partial charge is 0.505 e. The van der Waals surface area contributed by atoms with Crippen LogP contribution in [0.15, 0.2) is 28.9 Å². The van der Waals surface area contributed by atoms with Gasteiger partial charge in [-0.25, -0.2) is 0 Å². The van der Waals surface area contributed by atoms with E-state index in [0.717, 1.165) is 10.9 Å². The summed E-state index contributed by atoms with van der Waals surface area (Å²) in [6, 6.07) is 5.61. The number of nitrogens with zero attached hydrogens (tertiary/aromatic N) is 1. The highest BCUT2D eigenvalue weighted by molar-refractivity contribution is 9.10. The number of halogens is 1. The van der Waals surface area contributed by atoms with E-state index in [1.165, 1.54) is 0 Å². The Balaban J connectivity index is 2.76. The van der Waals surface area contributed by atoms with E-state index in [0.29, 0.717) is 16.6 Å². The van der Waals surface area contributed by atoms with Crippen LogP contribution >= 0.6 is 15.9 Å². The lowest BCUT2D eigenvalue weighted by atomic mass is 10.1. The first-order chi connectivity index (χ1) is 7.24. The Hall–Kier alpha value is -1.13. The quantitative estimate of drug-likeness (QED) is 0.910. The van der Waals surface area contributed by atoms with Crippen molar-refractivity contribution in [1.82, 2.24) is 4.98 Å². The van der Waals surface area contributed by atoms with Gasteiger partial charge in [-0.3, -0.25) is 4.98 Å². The molecule has 0 fully saturated rings. The van der Waals surface area contributed by atoms with Crippen molar-refractivity contribution >= 4 is 26.8 Å². The van der Waals surface area contributed by atoms with E-state index in [-0.39, 0.29) is 5.75 Å². The Labute approximate surface area is 95.8 Å². The molecule has 0 spiro atoms. The molecule has 0 atom stereocenters. The summed E-state index contributed by atoms with van der Waals surface area (Å²) >= 11 is 3.29. The first kappa shape index (κ1) is 10.4. The molecular weight excluding hydrogens is 258 g/mol. The van der Waals surface area contributed by atoms with Crippen molar-refractivity contribution in [2.24, 2.45) is 0 Å². The molecule has 2 aromatic rings. The highest BCUT2D eigenvalue weighted by Gasteiger charge is 2.09. The monoisotopic (exact) mass is 267 g/mol. The van der Waals surface area contributed by atoms with E-state index in [2.05, 4.69) is 20.9 Å². The van der Waals surface area contributed by atoms with Gasteiger partial charge < -0.3 is 9.84 Å². The van der Waals surface area contributed by atoms with Crippen molar-refractivity contribution in [2.75, 3.05) is 7.11 Å². The average molecular weight is 268 g/mol. The summed E-state index contributed by atoms with van der Waals surface area (Å²) in [4.78, 5) is 4.15. The van der Waals surface area contributed by atoms with Crippen LogP contribution < -0.4 is 0 Å². The predicted molar refractivity (Wildman–Crippen MR) is 61.8 cm³/mol. The van der Waals surface area contributed by atoms with E-state index < -0.39 is 0 Å². The topological polar surface area (TPSA) is 42.4 Å². The average Bonchev–Trinajstić information content (AvgIpc) is 2.26. The number of hydrogen-bond acceptors (Lipinski definition) is 3. The van der Waals surface area contributed by atoms with E-state index in [9.17, 15) is 5.11 Å². The number of rotatable bonds is 2. The fraction of sp³-hybridized carbons (Fsp3) is 0.182. The maximum atomic E-state index is 9.80. The number of pyridine rings is 1. The van der Waals surface area contributed by atoms with Crippen molar-refractivity contribution in [3.63, 3.8) is 0 Å². The minimum Gasteiger partial charge on any atom is -0.505 e. The number of aromatic hydroxyl groups is 1. The SMILES string of the molecule is COCc1cc(Br)c(O)c2ncccc12. The van der Waals surface area contributed by atoms with E-state index in [1.807, 2.05) is 18.2 Å². The van der Waals surface area contributed by atoms with Crippen molar-refractivity contribution in [3.8, 4) is 5.75 Å². The van der Waals surface area contributed by atoms with Crippen LogP contribution in [0.25, 0.3) is 10.9 Å². The molecule has 15 heavy (non-hydrogen) atoms. The molecule has 78 valence electrons. The van der Waals surface area contributed by atoms with Gasteiger partial charge in [0.15, 0.2) is 5.75 Å². The summed E-state index contributed by atoms with van der Waals surface area (Å²) in [7, 11) is 1.64. The van der Waals surface area contributed by atoms with Gasteiger partial charge in [-0.2, -0.15) is 0 Å². The number of ether oxygens (including phenoxy) is 1. The molecule has 0 unspecified atom stereocenters. The van der Waals surface area contributed by atoms with Crippen LogP contribution in [0.5, 0.6) is 5.75 Å². The molecule has 0 bridgehead atoms. The smallest absolute Gasteiger partial charge is 0.156 e. The number of phenolic OH excluding ortho intramolecular Hbond substituents is 1. The van der Waals surface area contributed by atoms with Crippen LogP contribution in [0.1, 0.15) is 5.56 Å². The molecule has 0 radical (unpaired) electrons. The second-order valence-electron chi connectivity index (χ2n) is 3.20. The molecule has 0 amide bonds. The lowest BCUT2D eigenvalue weighted by Crippen LogP contribution is -1.91. The fourth-order valence-corrected chi connectivity index (χ4v) is 2.00. The number of phenols is 1. The van der Waals surface area contributed by atoms with Gasteiger partial charge >= 0.3 is 0 Å². The molecule has 3 nitrogen and oxygen atoms in total. The van der Waals surface area contributed by atoms with Crippen LogP contribution in [0.2, 0.25) is 0 Å². The zero-order chi connectivity index (χ0) is 10.8. The van der Waals surface area contributed by atoms with Gasteiger partial charge in [-0.1, -0.05) is 6.07 Å². The zero-order valence-corrected chi connectivity index (χ0v) is 9.78. The molecule has 1 N–H and O–H groups in total. The maximum absolute atomic E-state index is 9.80. The highest BCUT2D eigenvalue weighted by atomic mass is 79.9. The van der Waals surface area contributed by atoms with Gasteiger partial charge in [0.05, 0.1) is 11.1 Å². The number of fused-ring (bicyclic) bond motifs is 1. The first-order valence-corrected chi connectivity index (χ1v) is 5.27. The zero-order valence-electron chi connectivity index (χ0n) is 8.20. The summed E-state index contributed by atoms with van der Waals surface area (Å²) in [5.41, 5.74) is 1.60. The summed E-state index contributed by atoms with van der Waals surface area (Å²) < 4.78 is 5.74. The normalized spacial score (nSPS) is 10.8. The third kappa shape index (κ3) is 1.82. The summed E-state index contributed by atoms with van der Waals surface area (Å²) in [6.07, 6.45) is 1.66. The van der Waals surface area contributed by atoms with Crippen LogP contribution in [0.4, 0.5) is 0 Å². The van der Waals surface area contributed by atoms with E-state index >= 15 is 0 Å². The minimum absolute atomic E-state index is 0.172. The molecule has 4 heteroatoms. The Bertz CT molecular complexity index is 499. The Morgan fingerprint density at radius 3 is 3.07 bits per heavy atom. The summed E-state index contributed by atoms with van der Waals surface area (Å²) in [5.74, 6) is 0.172. The van der Waals surface area contributed by atoms with Crippen molar-refractivity contribution in [3.05, 3.63) is 34.4 Å². The summed E-state index contributed by atoms with van der Waals surface area (Å²) in [5, 5.41) is 10.7. The van der Waals surface area contributed by atoms with Gasteiger partial charge in [0, 0.05) is 18.7 Å². The van der Waals surface area contributed by atoms with Gasteiger partial charge in [0.1, 0.15) is 5.52 Å². The number of aromatic nitrogens is 1. The van der Waals surface area contributed by atoms with Crippen molar-refractivity contribution in [1.29, 1.82) is 0 Å². The molecule has 1 heterocycles. The third-order valence-corrected chi connectivity index (χ3v) is 2.81. The van der Waals surface area contributed by atoms with Gasteiger partial charge in [-0.15, -0.1) is 0 Å². The fourth-order valence-electron chi connectivity index (χ4n) is 1.54. The van der Waals surface area contributed by atoms with Crippen LogP contribution in [0, 0.1) is 0 Å². The van der Waals surface area contributed by atoms with E-state index in [1.54, 1.807) is 13.3 Å². The molecule has 0 saturated carbocycles. The van der Waals surface area contributed by atoms with Crippen LogP contribution in [0.3, 0.4) is 0 Å². The minimum atomic E-state index is 0.172. The van der Waals surface area contributed by atoms with Crippen LogP contribution in [-0.4, -0.2) is 17.2 Å². The second-order valence-corrected chi connectivity index (χ2v) is 4.05. The third-order valence-electron chi connectivity index (χ3n) is 2.20. The molecular formula is C11H10BrNO2. The number of benzene rings is 1. The molecule has 0 saturated heterocycles. The van der Waals surface area contributed by atoms with Crippen molar-refractivity contribution in [2.45, 2.75) is 6.61 Å². The molecule has 0 aliphatic carbocycles. The standard InChI is InChI=1S/C11H10BrNO2/c1-15-6-7-5-9(12)11(14)10-8(7)3-2-4-13-10/h2-5,14H,6H2,1H3. The highest BCUT2D eigenvalue weighted by Crippen LogP contribution is 2.33. The molecule has 1 aromatic carbocycles. The predicted octanol–water partition coefficient (Wildman–Crippen LogP) is 2.85. The first-order valence-electron chi connectivity index (χ1n) is 4.48. The lowest BCUT2D eigenvalue weighted by molar-refractivity contribution is 0.186. The summed E-state index contributed by atoms with van der Waals surface area (Å²) in [6.45, 7) is 0.501. The molecule has 1 aromatic heterocycles. The number of methoxy groups -OCH3 is 1. The number of hydrogen-bond donors (Lipinski definition) is 1. The second kappa shape index (κ2) is 4.16. The van der Waals surface area contributed by atoms with Gasteiger partial charge in [0.2, 0.25) is 0 Å². The Morgan fingerprint density at radius 2 is 2.33 bits per heavy atom. The Kier molecular flexibility index (Phi) is 2.88. The molecule has 0 aliphatic heterocycles. The Morgan fingerprint density at radius 1 is 1.53 bits per heavy atom. The van der Waals surface area contributed by atoms with Gasteiger partial charge in [-0.05, 0) is 33.6 Å². The van der Waals surface area contributed by atoms with Gasteiger partial charge in [0.25, 0.3) is 0 Å². The molecule has 0 aliphatic rings. The lowest BCUT2D eigenvalue weighted by Gasteiger charge is -2.08. The van der Waals surface area contributed by atoms with E-state index in [4.69, 9.17) is 4.74 Å². The van der Waals surface area contributed by atoms with Crippen LogP contribution in [-0.2, 0) is 11.3 Å². The molecule has 2 rings (SSSR count). The maximum Gasteiger partial charge on any atom is 0.156 e. The van der Waals surface area contributed by atoms with Crippen molar-refractivity contribution < 1.29 is 9.84 Å².